The zero-order chi connectivity index (χ0) is 13.6. The normalized spacial score (nSPS) is 21.4. The minimum absolute atomic E-state index is 0.0478. The third-order valence-corrected chi connectivity index (χ3v) is 3.83. The van der Waals surface area contributed by atoms with Crippen LogP contribution in [0.5, 0.6) is 0 Å². The fraction of sp³-hybridized carbons (Fsp3) is 0.333. The van der Waals surface area contributed by atoms with Crippen LogP contribution in [-0.4, -0.2) is 10.5 Å². The summed E-state index contributed by atoms with van der Waals surface area (Å²) in [5.74, 6) is 0.658. The molecule has 0 aliphatic heterocycles. The molecule has 4 heteroatoms. The molecular formula is C15H16N2O2. The predicted octanol–water partition coefficient (Wildman–Crippen LogP) is 2.13. The lowest BCUT2D eigenvalue weighted by atomic mass is 10.1. The van der Waals surface area contributed by atoms with Gasteiger partial charge >= 0.3 is 0 Å². The molecule has 3 rings (SSSR count). The fourth-order valence-corrected chi connectivity index (χ4v) is 2.40. The quantitative estimate of drug-likeness (QED) is 0.895. The summed E-state index contributed by atoms with van der Waals surface area (Å²) in [5.41, 5.74) is 0.674. The molecule has 98 valence electrons. The maximum Gasteiger partial charge on any atom is 0.258 e. The van der Waals surface area contributed by atoms with Gasteiger partial charge in [0.05, 0.1) is 0 Å². The van der Waals surface area contributed by atoms with Crippen molar-refractivity contribution >= 4 is 22.4 Å². The summed E-state index contributed by atoms with van der Waals surface area (Å²) in [4.78, 5) is 24.0. The number of carbonyl (C=O) groups is 1. The average Bonchev–Trinajstić information content (AvgIpc) is 3.12. The molecule has 1 aliphatic rings. The Labute approximate surface area is 111 Å². The van der Waals surface area contributed by atoms with E-state index >= 15 is 0 Å². The smallest absolute Gasteiger partial charge is 0.258 e. The third kappa shape index (κ3) is 2.03. The highest BCUT2D eigenvalue weighted by Gasteiger charge is 2.39. The topological polar surface area (TPSA) is 51.1 Å². The number of aromatic nitrogens is 1. The Morgan fingerprint density at radius 1 is 1.32 bits per heavy atom. The van der Waals surface area contributed by atoms with Crippen LogP contribution in [0.2, 0.25) is 0 Å². The van der Waals surface area contributed by atoms with Crippen molar-refractivity contribution in [1.29, 1.82) is 0 Å². The Hall–Kier alpha value is -2.10. The highest BCUT2D eigenvalue weighted by Crippen LogP contribution is 2.38. The molecule has 0 unspecified atom stereocenters. The summed E-state index contributed by atoms with van der Waals surface area (Å²) in [5, 5.41) is 4.37. The summed E-state index contributed by atoms with van der Waals surface area (Å²) < 4.78 is 1.54. The van der Waals surface area contributed by atoms with Gasteiger partial charge in [0.15, 0.2) is 0 Å². The number of carbonyl (C=O) groups excluding carboxylic acids is 1. The minimum atomic E-state index is -0.0478. The second kappa shape index (κ2) is 4.23. The second-order valence-corrected chi connectivity index (χ2v) is 5.31. The maximum absolute atomic E-state index is 12.0. The maximum atomic E-state index is 12.0. The van der Waals surface area contributed by atoms with E-state index in [1.54, 1.807) is 25.4 Å². The molecule has 1 aromatic heterocycles. The van der Waals surface area contributed by atoms with Gasteiger partial charge < -0.3 is 9.88 Å². The van der Waals surface area contributed by atoms with Crippen LogP contribution in [0.3, 0.4) is 0 Å². The van der Waals surface area contributed by atoms with Gasteiger partial charge in [0.1, 0.15) is 0 Å². The molecule has 19 heavy (non-hydrogen) atoms. The van der Waals surface area contributed by atoms with Crippen LogP contribution in [0.4, 0.5) is 5.69 Å². The van der Waals surface area contributed by atoms with Crippen LogP contribution in [-0.2, 0) is 11.8 Å². The van der Waals surface area contributed by atoms with Gasteiger partial charge in [-0.15, -0.1) is 0 Å². The number of rotatable bonds is 2. The summed E-state index contributed by atoms with van der Waals surface area (Å²) >= 11 is 0. The average molecular weight is 256 g/mol. The number of hydrogen-bond acceptors (Lipinski definition) is 2. The van der Waals surface area contributed by atoms with Crippen molar-refractivity contribution in [2.45, 2.75) is 13.3 Å². The van der Waals surface area contributed by atoms with Gasteiger partial charge in [-0.3, -0.25) is 9.59 Å². The lowest BCUT2D eigenvalue weighted by molar-refractivity contribution is -0.117. The van der Waals surface area contributed by atoms with Gasteiger partial charge in [-0.05, 0) is 30.5 Å². The summed E-state index contributed by atoms with van der Waals surface area (Å²) in [6.07, 6.45) is 2.68. The third-order valence-electron chi connectivity index (χ3n) is 3.83. The molecule has 0 radical (unpaired) electrons. The van der Waals surface area contributed by atoms with E-state index in [1.165, 1.54) is 4.57 Å². The van der Waals surface area contributed by atoms with Crippen molar-refractivity contribution in [3.63, 3.8) is 0 Å². The number of hydrogen-bond donors (Lipinski definition) is 1. The molecule has 2 aromatic rings. The van der Waals surface area contributed by atoms with E-state index in [-0.39, 0.29) is 17.4 Å². The Balaban J connectivity index is 2.02. The van der Waals surface area contributed by atoms with E-state index in [0.717, 1.165) is 17.5 Å². The first-order valence-electron chi connectivity index (χ1n) is 6.47. The van der Waals surface area contributed by atoms with E-state index in [2.05, 4.69) is 12.2 Å². The lowest BCUT2D eigenvalue weighted by Gasteiger charge is -2.09. The van der Waals surface area contributed by atoms with Crippen molar-refractivity contribution in [1.82, 2.24) is 4.57 Å². The van der Waals surface area contributed by atoms with Crippen LogP contribution < -0.4 is 10.9 Å². The Morgan fingerprint density at radius 2 is 2.05 bits per heavy atom. The van der Waals surface area contributed by atoms with Crippen molar-refractivity contribution in [2.24, 2.45) is 18.9 Å². The van der Waals surface area contributed by atoms with Gasteiger partial charge in [0.2, 0.25) is 5.91 Å². The molecule has 4 nitrogen and oxygen atoms in total. The van der Waals surface area contributed by atoms with Crippen LogP contribution in [0.25, 0.3) is 10.8 Å². The Kier molecular flexibility index (Phi) is 2.66. The molecule has 1 heterocycles. The van der Waals surface area contributed by atoms with Crippen LogP contribution in [0, 0.1) is 11.8 Å². The minimum Gasteiger partial charge on any atom is -0.325 e. The molecule has 1 N–H and O–H groups in total. The Bertz CT molecular complexity index is 718. The molecule has 0 saturated heterocycles. The standard InChI is InChI=1S/C15H16N2O2/c1-9-8-12(9)14(18)16-13-5-3-4-11-10(13)6-7-17(2)15(11)19/h3-7,9,12H,8H2,1-2H3,(H,16,18)/t9-,12+/m1/s1. The molecule has 1 aromatic carbocycles. The Morgan fingerprint density at radius 3 is 2.74 bits per heavy atom. The largest absolute Gasteiger partial charge is 0.325 e. The SMILES string of the molecule is C[C@@H]1C[C@@H]1C(=O)Nc1cccc2c(=O)n(C)ccc12. The number of nitrogens with zero attached hydrogens (tertiary/aromatic N) is 1. The molecule has 0 spiro atoms. The number of aryl methyl sites for hydroxylation is 1. The molecule has 2 atom stereocenters. The highest BCUT2D eigenvalue weighted by atomic mass is 16.2. The van der Waals surface area contributed by atoms with Gasteiger partial charge in [0, 0.05) is 35.6 Å². The van der Waals surface area contributed by atoms with Gasteiger partial charge in [-0.1, -0.05) is 13.0 Å². The van der Waals surface area contributed by atoms with E-state index < -0.39 is 0 Å². The van der Waals surface area contributed by atoms with Gasteiger partial charge in [-0.25, -0.2) is 0 Å². The molecular weight excluding hydrogens is 240 g/mol. The highest BCUT2D eigenvalue weighted by molar-refractivity contribution is 6.03. The molecule has 0 bridgehead atoms. The van der Waals surface area contributed by atoms with Crippen LogP contribution in [0.1, 0.15) is 13.3 Å². The van der Waals surface area contributed by atoms with Gasteiger partial charge in [-0.2, -0.15) is 0 Å². The zero-order valence-electron chi connectivity index (χ0n) is 11.0. The first-order chi connectivity index (χ1) is 9.08. The zero-order valence-corrected chi connectivity index (χ0v) is 11.0. The fourth-order valence-electron chi connectivity index (χ4n) is 2.40. The van der Waals surface area contributed by atoms with E-state index in [9.17, 15) is 9.59 Å². The number of amides is 1. The lowest BCUT2D eigenvalue weighted by Crippen LogP contribution is -2.18. The van der Waals surface area contributed by atoms with Crippen molar-refractivity contribution in [3.05, 3.63) is 40.8 Å². The van der Waals surface area contributed by atoms with E-state index in [1.807, 2.05) is 12.1 Å². The van der Waals surface area contributed by atoms with Gasteiger partial charge in [0.25, 0.3) is 5.56 Å². The van der Waals surface area contributed by atoms with Crippen LogP contribution in [0.15, 0.2) is 35.3 Å². The summed E-state index contributed by atoms with van der Waals surface area (Å²) in [6, 6.07) is 7.29. The number of fused-ring (bicyclic) bond motifs is 1. The number of anilines is 1. The van der Waals surface area contributed by atoms with Crippen LogP contribution >= 0.6 is 0 Å². The molecule has 1 amide bonds. The second-order valence-electron chi connectivity index (χ2n) is 5.31. The molecule has 1 saturated carbocycles. The van der Waals surface area contributed by atoms with E-state index in [4.69, 9.17) is 0 Å². The first kappa shape index (κ1) is 12.0. The molecule has 1 aliphatic carbocycles. The van der Waals surface area contributed by atoms with E-state index in [0.29, 0.717) is 11.3 Å². The van der Waals surface area contributed by atoms with Crippen molar-refractivity contribution in [3.8, 4) is 0 Å². The number of benzene rings is 1. The summed E-state index contributed by atoms with van der Waals surface area (Å²) in [7, 11) is 1.72. The molecule has 1 fully saturated rings. The first-order valence-corrected chi connectivity index (χ1v) is 6.47. The van der Waals surface area contributed by atoms with Crippen molar-refractivity contribution in [2.75, 3.05) is 5.32 Å². The predicted molar refractivity (Wildman–Crippen MR) is 75.1 cm³/mol. The summed E-state index contributed by atoms with van der Waals surface area (Å²) in [6.45, 7) is 2.07. The monoisotopic (exact) mass is 256 g/mol. The van der Waals surface area contributed by atoms with Crippen molar-refractivity contribution < 1.29 is 4.79 Å². The number of pyridine rings is 1. The number of nitrogens with one attached hydrogen (secondary N) is 1.